The molecule has 0 bridgehead atoms. The van der Waals surface area contributed by atoms with Gasteiger partial charge in [-0.3, -0.25) is 4.57 Å². The van der Waals surface area contributed by atoms with Crippen LogP contribution in [-0.4, -0.2) is 31.3 Å². The Morgan fingerprint density at radius 2 is 1.65 bits per heavy atom. The van der Waals surface area contributed by atoms with Gasteiger partial charge < -0.3 is 4.74 Å². The zero-order valence-corrected chi connectivity index (χ0v) is 13.6. The van der Waals surface area contributed by atoms with Gasteiger partial charge in [-0.05, 0) is 36.4 Å². The molecule has 0 aliphatic heterocycles. The summed E-state index contributed by atoms with van der Waals surface area (Å²) in [6.07, 6.45) is 4.67. The van der Waals surface area contributed by atoms with Crippen molar-refractivity contribution in [1.82, 2.24) is 9.55 Å². The Hall–Kier alpha value is -2.60. The van der Waals surface area contributed by atoms with E-state index in [1.54, 1.807) is 43.9 Å². The Bertz CT molecular complexity index is 911. The summed E-state index contributed by atoms with van der Waals surface area (Å²) in [4.78, 5) is 4.50. The number of nitrogens with zero attached hydrogens (tertiary/aromatic N) is 2. The van der Waals surface area contributed by atoms with Gasteiger partial charge in [-0.1, -0.05) is 12.1 Å². The fraction of sp³-hybridized carbons (Fsp3) is 0.118. The Morgan fingerprint density at radius 1 is 1.00 bits per heavy atom. The van der Waals surface area contributed by atoms with Gasteiger partial charge in [0, 0.05) is 17.5 Å². The second-order valence-corrected chi connectivity index (χ2v) is 7.16. The maximum atomic E-state index is 11.6. The molecule has 0 spiro atoms. The second-order valence-electron chi connectivity index (χ2n) is 5.14. The van der Waals surface area contributed by atoms with Crippen molar-refractivity contribution < 1.29 is 13.2 Å². The number of rotatable bonds is 4. The van der Waals surface area contributed by atoms with Crippen LogP contribution in [0.3, 0.4) is 0 Å². The Morgan fingerprint density at radius 3 is 2.22 bits per heavy atom. The summed E-state index contributed by atoms with van der Waals surface area (Å²) < 4.78 is 30.2. The molecule has 23 heavy (non-hydrogen) atoms. The van der Waals surface area contributed by atoms with Gasteiger partial charge >= 0.3 is 0 Å². The highest BCUT2D eigenvalue weighted by atomic mass is 32.2. The molecule has 0 radical (unpaired) electrons. The minimum atomic E-state index is -3.19. The molecule has 0 N–H and O–H groups in total. The summed E-state index contributed by atoms with van der Waals surface area (Å²) in [5.74, 6) is 0.785. The lowest BCUT2D eigenvalue weighted by Crippen LogP contribution is -1.98. The maximum absolute atomic E-state index is 11.6. The van der Waals surface area contributed by atoms with Gasteiger partial charge in [-0.25, -0.2) is 13.4 Å². The molecule has 0 saturated heterocycles. The van der Waals surface area contributed by atoms with Gasteiger partial charge in [-0.15, -0.1) is 0 Å². The molecule has 0 atom stereocenters. The zero-order chi connectivity index (χ0) is 16.4. The van der Waals surface area contributed by atoms with Crippen LogP contribution in [0.4, 0.5) is 0 Å². The molecule has 0 aliphatic carbocycles. The molecule has 118 valence electrons. The average molecular weight is 328 g/mol. The van der Waals surface area contributed by atoms with Crippen LogP contribution in [0.2, 0.25) is 0 Å². The van der Waals surface area contributed by atoms with Crippen molar-refractivity contribution in [3.8, 4) is 22.7 Å². The summed E-state index contributed by atoms with van der Waals surface area (Å²) in [7, 11) is -1.57. The van der Waals surface area contributed by atoms with Gasteiger partial charge in [0.1, 0.15) is 5.75 Å². The fourth-order valence-electron chi connectivity index (χ4n) is 2.33. The van der Waals surface area contributed by atoms with Crippen molar-refractivity contribution in [3.63, 3.8) is 0 Å². The first-order chi connectivity index (χ1) is 11.0. The van der Waals surface area contributed by atoms with Gasteiger partial charge in [0.25, 0.3) is 0 Å². The molecule has 5 nitrogen and oxygen atoms in total. The second kappa shape index (κ2) is 5.89. The van der Waals surface area contributed by atoms with E-state index in [2.05, 4.69) is 4.98 Å². The van der Waals surface area contributed by atoms with Crippen molar-refractivity contribution in [2.24, 2.45) is 0 Å². The highest BCUT2D eigenvalue weighted by Gasteiger charge is 2.10. The van der Waals surface area contributed by atoms with Crippen LogP contribution in [0.15, 0.2) is 66.0 Å². The van der Waals surface area contributed by atoms with E-state index in [9.17, 15) is 8.42 Å². The van der Waals surface area contributed by atoms with Crippen LogP contribution in [0, 0.1) is 0 Å². The lowest BCUT2D eigenvalue weighted by Gasteiger charge is -2.09. The summed E-state index contributed by atoms with van der Waals surface area (Å²) in [5.41, 5.74) is 2.73. The number of hydrogen-bond acceptors (Lipinski definition) is 4. The smallest absolute Gasteiger partial charge is 0.175 e. The van der Waals surface area contributed by atoms with Crippen LogP contribution in [0.25, 0.3) is 16.9 Å². The van der Waals surface area contributed by atoms with E-state index >= 15 is 0 Å². The number of hydrogen-bond donors (Lipinski definition) is 0. The van der Waals surface area contributed by atoms with E-state index in [4.69, 9.17) is 4.74 Å². The van der Waals surface area contributed by atoms with Crippen molar-refractivity contribution >= 4 is 9.84 Å². The molecule has 2 aromatic carbocycles. The van der Waals surface area contributed by atoms with E-state index in [0.29, 0.717) is 4.90 Å². The van der Waals surface area contributed by atoms with Crippen molar-refractivity contribution in [2.75, 3.05) is 13.4 Å². The first-order valence-electron chi connectivity index (χ1n) is 6.96. The SMILES string of the molecule is COc1ccc(-n2cncc2-c2ccc(S(C)(=O)=O)cc2)cc1. The molecule has 0 saturated carbocycles. The van der Waals surface area contributed by atoms with Gasteiger partial charge in [0.15, 0.2) is 9.84 Å². The predicted octanol–water partition coefficient (Wildman–Crippen LogP) is 2.95. The van der Waals surface area contributed by atoms with Gasteiger partial charge in [0.2, 0.25) is 0 Å². The van der Waals surface area contributed by atoms with Crippen LogP contribution in [-0.2, 0) is 9.84 Å². The first-order valence-corrected chi connectivity index (χ1v) is 8.85. The predicted molar refractivity (Wildman–Crippen MR) is 88.7 cm³/mol. The Labute approximate surface area is 135 Å². The van der Waals surface area contributed by atoms with E-state index in [1.165, 1.54) is 6.26 Å². The minimum absolute atomic E-state index is 0.303. The highest BCUT2D eigenvalue weighted by molar-refractivity contribution is 7.90. The summed E-state index contributed by atoms with van der Waals surface area (Å²) in [6, 6.07) is 14.4. The molecule has 0 unspecified atom stereocenters. The largest absolute Gasteiger partial charge is 0.497 e. The Kier molecular flexibility index (Phi) is 3.92. The molecule has 6 heteroatoms. The topological polar surface area (TPSA) is 61.2 Å². The van der Waals surface area contributed by atoms with E-state index in [1.807, 2.05) is 28.8 Å². The maximum Gasteiger partial charge on any atom is 0.175 e. The van der Waals surface area contributed by atoms with Crippen molar-refractivity contribution in [1.29, 1.82) is 0 Å². The molecule has 1 heterocycles. The number of imidazole rings is 1. The van der Waals surface area contributed by atoms with E-state index < -0.39 is 9.84 Å². The van der Waals surface area contributed by atoms with Crippen LogP contribution < -0.4 is 4.74 Å². The van der Waals surface area contributed by atoms with E-state index in [0.717, 1.165) is 22.7 Å². The molecule has 0 fully saturated rings. The third-order valence-electron chi connectivity index (χ3n) is 3.57. The lowest BCUT2D eigenvalue weighted by atomic mass is 10.1. The lowest BCUT2D eigenvalue weighted by molar-refractivity contribution is 0.415. The third kappa shape index (κ3) is 3.12. The van der Waals surface area contributed by atoms with Crippen LogP contribution >= 0.6 is 0 Å². The molecule has 3 aromatic rings. The standard InChI is InChI=1S/C17H16N2O3S/c1-22-15-7-5-14(6-8-15)19-12-18-11-17(19)13-3-9-16(10-4-13)23(2,20)21/h3-12H,1-2H3. The van der Waals surface area contributed by atoms with E-state index in [-0.39, 0.29) is 0 Å². The molecular formula is C17H16N2O3S. The summed E-state index contributed by atoms with van der Waals surface area (Å²) in [6.45, 7) is 0. The molecule has 3 rings (SSSR count). The quantitative estimate of drug-likeness (QED) is 0.739. The number of aromatic nitrogens is 2. The number of sulfone groups is 1. The molecule has 0 amide bonds. The average Bonchev–Trinajstić information content (AvgIpc) is 3.04. The summed E-state index contributed by atoms with van der Waals surface area (Å²) >= 11 is 0. The van der Waals surface area contributed by atoms with Gasteiger partial charge in [0.05, 0.1) is 30.2 Å². The number of benzene rings is 2. The molecular weight excluding hydrogens is 312 g/mol. The number of methoxy groups -OCH3 is 1. The molecule has 1 aromatic heterocycles. The van der Waals surface area contributed by atoms with Gasteiger partial charge in [-0.2, -0.15) is 0 Å². The zero-order valence-electron chi connectivity index (χ0n) is 12.8. The minimum Gasteiger partial charge on any atom is -0.497 e. The fourth-order valence-corrected chi connectivity index (χ4v) is 2.96. The normalized spacial score (nSPS) is 11.4. The van der Waals surface area contributed by atoms with Crippen LogP contribution in [0.5, 0.6) is 5.75 Å². The molecule has 0 aliphatic rings. The monoisotopic (exact) mass is 328 g/mol. The Balaban J connectivity index is 2.00. The third-order valence-corrected chi connectivity index (χ3v) is 4.70. The van der Waals surface area contributed by atoms with Crippen molar-refractivity contribution in [3.05, 3.63) is 61.1 Å². The highest BCUT2D eigenvalue weighted by Crippen LogP contribution is 2.25. The first kappa shape index (κ1) is 15.3. The summed E-state index contributed by atoms with van der Waals surface area (Å²) in [5, 5.41) is 0. The van der Waals surface area contributed by atoms with Crippen LogP contribution in [0.1, 0.15) is 0 Å². The number of ether oxygens (including phenoxy) is 1. The van der Waals surface area contributed by atoms with Crippen molar-refractivity contribution in [2.45, 2.75) is 4.90 Å².